The minimum absolute atomic E-state index is 0.0493. The molecule has 5 rings (SSSR count). The molecule has 39 heavy (non-hydrogen) atoms. The van der Waals surface area contributed by atoms with Crippen LogP contribution in [0.5, 0.6) is 0 Å². The maximum atomic E-state index is 13.2. The molecule has 2 aliphatic heterocycles. The van der Waals surface area contributed by atoms with Crippen LogP contribution in [0.3, 0.4) is 0 Å². The first-order valence-electron chi connectivity index (χ1n) is 14.0. The van der Waals surface area contributed by atoms with Crippen molar-refractivity contribution < 1.29 is 4.79 Å². The molecule has 2 aromatic carbocycles. The molecule has 0 spiro atoms. The van der Waals surface area contributed by atoms with Crippen molar-refractivity contribution in [3.63, 3.8) is 0 Å². The Kier molecular flexibility index (Phi) is 7.11. The summed E-state index contributed by atoms with van der Waals surface area (Å²) in [5.74, 6) is 0.173. The molecule has 3 aliphatic rings. The Hall–Kier alpha value is -3.85. The number of allylic oxidation sites excluding steroid dienone is 12. The fourth-order valence-electron chi connectivity index (χ4n) is 6.46. The lowest BCUT2D eigenvalue weighted by atomic mass is 9.84. The van der Waals surface area contributed by atoms with E-state index in [2.05, 4.69) is 124 Å². The summed E-state index contributed by atoms with van der Waals surface area (Å²) in [6.45, 7) is 9.07. The fraction of sp³-hybridized carbons (Fsp3) is 0.306. The molecule has 0 radical (unpaired) electrons. The van der Waals surface area contributed by atoms with E-state index in [0.29, 0.717) is 0 Å². The number of hydrogen-bond donors (Lipinski definition) is 0. The van der Waals surface area contributed by atoms with Crippen LogP contribution in [0.4, 0.5) is 11.4 Å². The Morgan fingerprint density at radius 2 is 1.00 bits per heavy atom. The van der Waals surface area contributed by atoms with E-state index in [1.165, 1.54) is 33.9 Å². The number of hydrogen-bond acceptors (Lipinski definition) is 3. The van der Waals surface area contributed by atoms with Crippen LogP contribution in [-0.4, -0.2) is 19.9 Å². The molecular weight excluding hydrogens is 476 g/mol. The summed E-state index contributed by atoms with van der Waals surface area (Å²) >= 11 is 0. The van der Waals surface area contributed by atoms with Gasteiger partial charge in [0.1, 0.15) is 0 Å². The topological polar surface area (TPSA) is 23.6 Å². The van der Waals surface area contributed by atoms with Gasteiger partial charge >= 0.3 is 0 Å². The lowest BCUT2D eigenvalue weighted by molar-refractivity contribution is -0.113. The third-order valence-electron chi connectivity index (χ3n) is 8.68. The summed E-state index contributed by atoms with van der Waals surface area (Å²) in [4.78, 5) is 17.7. The lowest BCUT2D eigenvalue weighted by Gasteiger charge is -2.23. The summed E-state index contributed by atoms with van der Waals surface area (Å²) in [5, 5.41) is 0. The van der Waals surface area contributed by atoms with Gasteiger partial charge in [-0.1, -0.05) is 101 Å². The van der Waals surface area contributed by atoms with E-state index in [9.17, 15) is 4.79 Å². The van der Waals surface area contributed by atoms with E-state index in [1.54, 1.807) is 0 Å². The minimum Gasteiger partial charge on any atom is -0.347 e. The normalized spacial score (nSPS) is 24.2. The van der Waals surface area contributed by atoms with Crippen molar-refractivity contribution in [2.45, 2.75) is 57.8 Å². The summed E-state index contributed by atoms with van der Waals surface area (Å²) in [6.07, 6.45) is 19.2. The van der Waals surface area contributed by atoms with Crippen LogP contribution < -0.4 is 9.80 Å². The number of para-hydroxylation sites is 2. The Morgan fingerprint density at radius 1 is 0.615 bits per heavy atom. The van der Waals surface area contributed by atoms with Crippen molar-refractivity contribution in [1.82, 2.24) is 0 Å². The first kappa shape index (κ1) is 26.7. The highest BCUT2D eigenvalue weighted by Crippen LogP contribution is 2.47. The van der Waals surface area contributed by atoms with E-state index in [0.717, 1.165) is 30.4 Å². The van der Waals surface area contributed by atoms with Gasteiger partial charge in [-0.25, -0.2) is 0 Å². The van der Waals surface area contributed by atoms with E-state index in [1.807, 2.05) is 24.3 Å². The highest BCUT2D eigenvalue weighted by atomic mass is 16.1. The van der Waals surface area contributed by atoms with Gasteiger partial charge in [-0.2, -0.15) is 0 Å². The van der Waals surface area contributed by atoms with E-state index < -0.39 is 0 Å². The number of carbonyl (C=O) groups is 1. The van der Waals surface area contributed by atoms with E-state index in [-0.39, 0.29) is 16.6 Å². The number of rotatable bonds is 4. The average molecular weight is 517 g/mol. The first-order chi connectivity index (χ1) is 18.6. The van der Waals surface area contributed by atoms with Crippen molar-refractivity contribution in [2.24, 2.45) is 0 Å². The number of Topliss-reactive ketones (excluding diaryl/α,β-unsaturated/α-hetero) is 1. The zero-order chi connectivity index (χ0) is 27.8. The molecule has 0 aromatic heterocycles. The van der Waals surface area contributed by atoms with E-state index in [4.69, 9.17) is 0 Å². The van der Waals surface area contributed by atoms with Gasteiger partial charge in [-0.3, -0.25) is 4.79 Å². The Balaban J connectivity index is 1.28. The molecule has 1 fully saturated rings. The van der Waals surface area contributed by atoms with Crippen molar-refractivity contribution in [1.29, 1.82) is 0 Å². The van der Waals surface area contributed by atoms with Crippen LogP contribution >= 0.6 is 0 Å². The molecular formula is C36H40N2O. The van der Waals surface area contributed by atoms with Crippen LogP contribution in [0.1, 0.15) is 58.1 Å². The smallest absolute Gasteiger partial charge is 0.184 e. The van der Waals surface area contributed by atoms with Gasteiger partial charge in [-0.15, -0.1) is 0 Å². The molecule has 0 N–H and O–H groups in total. The molecule has 0 amide bonds. The summed E-state index contributed by atoms with van der Waals surface area (Å²) in [6, 6.07) is 17.2. The molecule has 0 unspecified atom stereocenters. The highest BCUT2D eigenvalue weighted by molar-refractivity contribution is 6.09. The predicted molar refractivity (Wildman–Crippen MR) is 165 cm³/mol. The number of nitrogens with zero attached hydrogens (tertiary/aromatic N) is 2. The second-order valence-corrected chi connectivity index (χ2v) is 11.8. The van der Waals surface area contributed by atoms with Crippen LogP contribution in [0.2, 0.25) is 0 Å². The predicted octanol–water partition coefficient (Wildman–Crippen LogP) is 8.33. The van der Waals surface area contributed by atoms with Crippen LogP contribution in [0.15, 0.2) is 120 Å². The Morgan fingerprint density at radius 3 is 1.41 bits per heavy atom. The molecule has 2 aromatic rings. The maximum absolute atomic E-state index is 13.2. The molecule has 200 valence electrons. The van der Waals surface area contributed by atoms with Crippen molar-refractivity contribution in [3.8, 4) is 0 Å². The second-order valence-electron chi connectivity index (χ2n) is 11.8. The van der Waals surface area contributed by atoms with Gasteiger partial charge in [0.15, 0.2) is 5.78 Å². The van der Waals surface area contributed by atoms with Crippen LogP contribution in [0.25, 0.3) is 0 Å². The molecule has 1 aliphatic carbocycles. The summed E-state index contributed by atoms with van der Waals surface area (Å²) < 4.78 is 0. The van der Waals surface area contributed by atoms with Crippen LogP contribution in [0, 0.1) is 0 Å². The Labute approximate surface area is 234 Å². The van der Waals surface area contributed by atoms with Gasteiger partial charge in [-0.05, 0) is 65.8 Å². The highest BCUT2D eigenvalue weighted by Gasteiger charge is 2.38. The average Bonchev–Trinajstić information content (AvgIpc) is 3.24. The molecule has 0 atom stereocenters. The molecule has 1 saturated carbocycles. The number of carbonyl (C=O) groups excluding carboxylic acids is 1. The minimum atomic E-state index is -0.0493. The summed E-state index contributed by atoms with van der Waals surface area (Å²) in [7, 11) is 4.25. The van der Waals surface area contributed by atoms with Crippen molar-refractivity contribution in [2.75, 3.05) is 23.9 Å². The van der Waals surface area contributed by atoms with Gasteiger partial charge in [0.2, 0.25) is 0 Å². The zero-order valence-electron chi connectivity index (χ0n) is 24.2. The third kappa shape index (κ3) is 4.76. The molecule has 2 heterocycles. The standard InChI is InChI=1S/C36H40N2O/c1-35(2)28-20-9-11-22-30(28)37(5)32(35)24-13-7-16-26-18-15-19-27(34(26)39)17-8-14-25-33-36(3,4)29-21-10-12-23-31(29)38(33)6/h7-14,16-17,20-25H,15,18-19H2,1-6H3/b13-7+,14-8+,26-16+,27-17+,32-24+,33-25+. The van der Waals surface area contributed by atoms with Gasteiger partial charge < -0.3 is 9.80 Å². The zero-order valence-corrected chi connectivity index (χ0v) is 24.2. The van der Waals surface area contributed by atoms with Crippen LogP contribution in [-0.2, 0) is 15.6 Å². The van der Waals surface area contributed by atoms with Crippen molar-refractivity contribution >= 4 is 17.2 Å². The quantitative estimate of drug-likeness (QED) is 0.382. The van der Waals surface area contributed by atoms with Crippen molar-refractivity contribution in [3.05, 3.63) is 131 Å². The number of benzene rings is 2. The fourth-order valence-corrected chi connectivity index (χ4v) is 6.46. The molecule has 3 heteroatoms. The third-order valence-corrected chi connectivity index (χ3v) is 8.68. The molecule has 0 saturated heterocycles. The summed E-state index contributed by atoms with van der Waals surface area (Å²) in [5.41, 5.74) is 9.41. The largest absolute Gasteiger partial charge is 0.347 e. The monoisotopic (exact) mass is 516 g/mol. The number of anilines is 2. The Bertz CT molecular complexity index is 1370. The van der Waals surface area contributed by atoms with Gasteiger partial charge in [0.25, 0.3) is 0 Å². The maximum Gasteiger partial charge on any atom is 0.184 e. The molecule has 0 bridgehead atoms. The van der Waals surface area contributed by atoms with E-state index >= 15 is 0 Å². The second kappa shape index (κ2) is 10.4. The van der Waals surface area contributed by atoms with Gasteiger partial charge in [0.05, 0.1) is 0 Å². The number of likely N-dealkylation sites (N-methyl/N-ethyl adjacent to an activating group) is 2. The lowest BCUT2D eigenvalue weighted by Crippen LogP contribution is -2.22. The number of ketones is 1. The first-order valence-corrected chi connectivity index (χ1v) is 14.0. The van der Waals surface area contributed by atoms with Gasteiger partial charge in [0, 0.05) is 47.7 Å². The number of fused-ring (bicyclic) bond motifs is 2. The molecule has 3 nitrogen and oxygen atoms in total. The SMILES string of the molecule is CN1/C(=C/C=C/C=C2\CCC\C(=C/C=C/C=C3/N(C)c4ccccc4C3(C)C)C2=O)C(C)(C)c2ccccc21.